The molecule has 0 saturated heterocycles. The lowest BCUT2D eigenvalue weighted by atomic mass is 9.93. The van der Waals surface area contributed by atoms with Gasteiger partial charge in [-0.1, -0.05) is 0 Å². The number of nitrogens with zero attached hydrogens (tertiary/aromatic N) is 2. The summed E-state index contributed by atoms with van der Waals surface area (Å²) in [6, 6.07) is 3.46. The number of ether oxygens (including phenoxy) is 3. The highest BCUT2D eigenvalue weighted by Crippen LogP contribution is 2.44. The topological polar surface area (TPSA) is 107 Å². The molecule has 2 heterocycles. The number of alkyl halides is 1. The monoisotopic (exact) mass is 447 g/mol. The van der Waals surface area contributed by atoms with E-state index in [1.165, 1.54) is 27.4 Å². The van der Waals surface area contributed by atoms with Crippen LogP contribution in [0.2, 0.25) is 0 Å². The van der Waals surface area contributed by atoms with Crippen molar-refractivity contribution < 1.29 is 23.9 Å². The fourth-order valence-corrected chi connectivity index (χ4v) is 4.57. The number of nitrogens with one attached hydrogen (secondary N) is 1. The molecule has 0 fully saturated rings. The van der Waals surface area contributed by atoms with Crippen LogP contribution in [0.4, 0.5) is 0 Å². The summed E-state index contributed by atoms with van der Waals surface area (Å²) in [4.78, 5) is 29.0. The maximum absolute atomic E-state index is 13.4. The molecule has 0 spiro atoms. The van der Waals surface area contributed by atoms with Gasteiger partial charge in [-0.2, -0.15) is 0 Å². The van der Waals surface area contributed by atoms with Crippen LogP contribution in [0.3, 0.4) is 0 Å². The number of H-pyrrole nitrogens is 1. The van der Waals surface area contributed by atoms with Crippen LogP contribution in [-0.2, 0) is 0 Å². The first-order valence-electron chi connectivity index (χ1n) is 9.71. The Bertz CT molecular complexity index is 1140. The quantitative estimate of drug-likeness (QED) is 0.411. The molecular formula is C21H22ClN3O6. The summed E-state index contributed by atoms with van der Waals surface area (Å²) in [5, 5.41) is 12.0. The zero-order valence-corrected chi connectivity index (χ0v) is 18.1. The van der Waals surface area contributed by atoms with Gasteiger partial charge >= 0.3 is 0 Å². The van der Waals surface area contributed by atoms with Crippen molar-refractivity contribution in [2.24, 2.45) is 5.92 Å². The minimum absolute atomic E-state index is 0.0238. The van der Waals surface area contributed by atoms with Gasteiger partial charge < -0.3 is 24.1 Å². The van der Waals surface area contributed by atoms with Gasteiger partial charge in [0.2, 0.25) is 11.4 Å². The van der Waals surface area contributed by atoms with E-state index in [0.29, 0.717) is 64.8 Å². The van der Waals surface area contributed by atoms with Crippen LogP contribution in [0, 0.1) is 16.0 Å². The molecule has 0 saturated carbocycles. The van der Waals surface area contributed by atoms with E-state index in [2.05, 4.69) is 4.98 Å². The van der Waals surface area contributed by atoms with Crippen LogP contribution in [0.15, 0.2) is 35.2 Å². The fraction of sp³-hybridized carbons (Fsp3) is 0.381. The second-order valence-electron chi connectivity index (χ2n) is 7.36. The van der Waals surface area contributed by atoms with E-state index in [-0.39, 0.29) is 17.5 Å². The molecule has 164 valence electrons. The van der Waals surface area contributed by atoms with Crippen molar-refractivity contribution in [3.8, 4) is 17.2 Å². The Morgan fingerprint density at radius 2 is 1.97 bits per heavy atom. The lowest BCUT2D eigenvalue weighted by Crippen LogP contribution is -2.30. The summed E-state index contributed by atoms with van der Waals surface area (Å²) < 4.78 is 16.3. The Hall–Kier alpha value is -3.20. The van der Waals surface area contributed by atoms with Crippen LogP contribution in [0.1, 0.15) is 23.3 Å². The molecule has 4 rings (SSSR count). The number of halogens is 1. The Morgan fingerprint density at radius 1 is 1.23 bits per heavy atom. The first-order chi connectivity index (χ1) is 14.9. The highest BCUT2D eigenvalue weighted by Gasteiger charge is 2.38. The molecule has 10 heteroatoms. The molecule has 0 bridgehead atoms. The predicted octanol–water partition coefficient (Wildman–Crippen LogP) is 3.71. The number of hydrogen-bond donors (Lipinski definition) is 1. The SMILES string of the molecule is COc1cc2cc(C(=O)N3CC(CCl)C4=C3C=C([N+](=O)[O-])CC4)[nH]c2c(OC)c1OC. The van der Waals surface area contributed by atoms with E-state index in [1.54, 1.807) is 17.0 Å². The van der Waals surface area contributed by atoms with Gasteiger partial charge in [0, 0.05) is 36.2 Å². The number of carbonyl (C=O) groups is 1. The average Bonchev–Trinajstić information content (AvgIpc) is 3.37. The number of carbonyl (C=O) groups excluding carboxylic acids is 1. The number of aromatic nitrogens is 1. The molecule has 1 amide bonds. The van der Waals surface area contributed by atoms with E-state index in [0.717, 1.165) is 5.57 Å². The molecule has 2 aliphatic rings. The molecule has 1 aliphatic heterocycles. The van der Waals surface area contributed by atoms with E-state index in [4.69, 9.17) is 25.8 Å². The van der Waals surface area contributed by atoms with Gasteiger partial charge in [-0.05, 0) is 24.1 Å². The predicted molar refractivity (Wildman–Crippen MR) is 115 cm³/mol. The van der Waals surface area contributed by atoms with E-state index in [9.17, 15) is 14.9 Å². The normalized spacial score (nSPS) is 18.1. The summed E-state index contributed by atoms with van der Waals surface area (Å²) in [5.41, 5.74) is 2.59. The Kier molecular flexibility index (Phi) is 5.53. The zero-order chi connectivity index (χ0) is 22.3. The minimum atomic E-state index is -0.396. The number of rotatable bonds is 6. The molecule has 9 nitrogen and oxygen atoms in total. The van der Waals surface area contributed by atoms with Crippen molar-refractivity contribution in [2.75, 3.05) is 33.8 Å². The summed E-state index contributed by atoms with van der Waals surface area (Å²) in [5.74, 6) is 1.34. The molecule has 2 aromatic rings. The molecule has 0 radical (unpaired) electrons. The number of nitro groups is 1. The number of benzene rings is 1. The second-order valence-corrected chi connectivity index (χ2v) is 7.67. The van der Waals surface area contributed by atoms with Gasteiger partial charge in [-0.25, -0.2) is 0 Å². The van der Waals surface area contributed by atoms with Crippen molar-refractivity contribution in [2.45, 2.75) is 12.8 Å². The number of fused-ring (bicyclic) bond motifs is 1. The lowest BCUT2D eigenvalue weighted by molar-refractivity contribution is -0.428. The third-order valence-corrected chi connectivity index (χ3v) is 6.16. The van der Waals surface area contributed by atoms with Gasteiger partial charge in [0.25, 0.3) is 5.91 Å². The molecule has 1 unspecified atom stereocenters. The first kappa shape index (κ1) is 21.0. The average molecular weight is 448 g/mol. The van der Waals surface area contributed by atoms with Crippen LogP contribution in [-0.4, -0.2) is 54.5 Å². The minimum Gasteiger partial charge on any atom is -0.493 e. The highest BCUT2D eigenvalue weighted by molar-refractivity contribution is 6.18. The number of allylic oxidation sites excluding steroid dienone is 2. The van der Waals surface area contributed by atoms with Gasteiger partial charge in [0.15, 0.2) is 11.5 Å². The summed E-state index contributed by atoms with van der Waals surface area (Å²) in [7, 11) is 4.54. The number of methoxy groups -OCH3 is 3. The van der Waals surface area contributed by atoms with E-state index in [1.807, 2.05) is 0 Å². The molecule has 1 aromatic heterocycles. The largest absolute Gasteiger partial charge is 0.493 e. The summed E-state index contributed by atoms with van der Waals surface area (Å²) in [6.45, 7) is 0.383. The van der Waals surface area contributed by atoms with E-state index >= 15 is 0 Å². The van der Waals surface area contributed by atoms with Crippen LogP contribution in [0.25, 0.3) is 10.9 Å². The van der Waals surface area contributed by atoms with Crippen LogP contribution in [0.5, 0.6) is 17.2 Å². The molecule has 1 atom stereocenters. The van der Waals surface area contributed by atoms with Gasteiger partial charge in [0.1, 0.15) is 5.69 Å². The van der Waals surface area contributed by atoms with Crippen molar-refractivity contribution in [1.29, 1.82) is 0 Å². The third-order valence-electron chi connectivity index (χ3n) is 5.79. The van der Waals surface area contributed by atoms with Gasteiger partial charge in [-0.15, -0.1) is 11.6 Å². The molecule has 1 aliphatic carbocycles. The number of amides is 1. The maximum atomic E-state index is 13.4. The van der Waals surface area contributed by atoms with Crippen molar-refractivity contribution in [1.82, 2.24) is 9.88 Å². The van der Waals surface area contributed by atoms with Gasteiger partial charge in [-0.3, -0.25) is 14.9 Å². The highest BCUT2D eigenvalue weighted by atomic mass is 35.5. The Balaban J connectivity index is 1.77. The Labute approximate surface area is 183 Å². The second kappa shape index (κ2) is 8.14. The van der Waals surface area contributed by atoms with Crippen molar-refractivity contribution in [3.05, 3.63) is 51.0 Å². The molecule has 1 N–H and O–H groups in total. The maximum Gasteiger partial charge on any atom is 0.274 e. The summed E-state index contributed by atoms with van der Waals surface area (Å²) in [6.07, 6.45) is 2.36. The zero-order valence-electron chi connectivity index (χ0n) is 17.4. The number of hydrogen-bond acceptors (Lipinski definition) is 6. The first-order valence-corrected chi connectivity index (χ1v) is 10.2. The lowest BCUT2D eigenvalue weighted by Gasteiger charge is -2.19. The fourth-order valence-electron chi connectivity index (χ4n) is 4.29. The third kappa shape index (κ3) is 3.38. The molecular weight excluding hydrogens is 426 g/mol. The van der Waals surface area contributed by atoms with Crippen LogP contribution < -0.4 is 14.2 Å². The molecule has 31 heavy (non-hydrogen) atoms. The molecule has 1 aromatic carbocycles. The number of aromatic amines is 1. The van der Waals surface area contributed by atoms with Gasteiger partial charge in [0.05, 0.1) is 37.5 Å². The summed E-state index contributed by atoms with van der Waals surface area (Å²) >= 11 is 6.13. The van der Waals surface area contributed by atoms with E-state index < -0.39 is 4.92 Å². The van der Waals surface area contributed by atoms with Crippen molar-refractivity contribution >= 4 is 28.4 Å². The van der Waals surface area contributed by atoms with Crippen LogP contribution >= 0.6 is 11.6 Å². The van der Waals surface area contributed by atoms with Crippen molar-refractivity contribution in [3.63, 3.8) is 0 Å². The standard InChI is InChI=1S/C21H22ClN3O6/c1-29-17-7-11-6-15(23-18(11)20(31-3)19(17)30-2)21(26)24-10-12(9-22)14-5-4-13(25(27)28)8-16(14)24/h6-8,12,23H,4-5,9-10H2,1-3H3. The Morgan fingerprint density at radius 3 is 2.58 bits per heavy atom. The smallest absolute Gasteiger partial charge is 0.274 e.